The molecule has 0 aliphatic carbocycles. The van der Waals surface area contributed by atoms with Gasteiger partial charge in [0.15, 0.2) is 11.4 Å². The van der Waals surface area contributed by atoms with Crippen molar-refractivity contribution in [2.75, 3.05) is 19.0 Å². The molecule has 9 nitrogen and oxygen atoms in total. The number of aromatic nitrogens is 2. The molecule has 0 amide bonds. The first kappa shape index (κ1) is 26.4. The molecule has 0 saturated heterocycles. The maximum absolute atomic E-state index is 13.2. The second-order valence-electron chi connectivity index (χ2n) is 7.87. The largest absolute Gasteiger partial charge is 0.496 e. The molecule has 0 fully saturated rings. The zero-order chi connectivity index (χ0) is 27.6. The van der Waals surface area contributed by atoms with Crippen molar-refractivity contribution in [2.24, 2.45) is 0 Å². The number of carbonyl (C=O) groups is 2. The van der Waals surface area contributed by atoms with Crippen molar-refractivity contribution in [2.45, 2.75) is 12.6 Å². The number of nitrogens with zero attached hydrogens (tertiary/aromatic N) is 3. The van der Waals surface area contributed by atoms with Crippen LogP contribution in [-0.2, 0) is 17.4 Å². The van der Waals surface area contributed by atoms with Crippen molar-refractivity contribution >= 4 is 40.1 Å². The van der Waals surface area contributed by atoms with Gasteiger partial charge in [-0.2, -0.15) is 18.4 Å². The summed E-state index contributed by atoms with van der Waals surface area (Å²) in [5.74, 6) is -1.50. The molecule has 0 unspecified atom stereocenters. The van der Waals surface area contributed by atoms with Crippen molar-refractivity contribution in [3.8, 4) is 22.9 Å². The quantitative estimate of drug-likeness (QED) is 0.280. The number of alkyl halides is 3. The van der Waals surface area contributed by atoms with Gasteiger partial charge in [-0.05, 0) is 24.3 Å². The number of nitriles is 1. The fourth-order valence-corrected chi connectivity index (χ4v) is 3.93. The SMILES string of the molecule is COc1cc(Cl)c(-c2cnc(C(F)(F)F)cc2C#N)cc1C(=O)CNc1cccc2nc(CC(=O)O)oc12. The minimum absolute atomic E-state index is 0.00413. The molecule has 194 valence electrons. The Labute approximate surface area is 217 Å². The van der Waals surface area contributed by atoms with Gasteiger partial charge in [-0.25, -0.2) is 4.98 Å². The molecule has 2 aromatic heterocycles. The number of halogens is 4. The summed E-state index contributed by atoms with van der Waals surface area (Å²) in [4.78, 5) is 31.7. The van der Waals surface area contributed by atoms with E-state index in [1.165, 1.54) is 19.2 Å². The van der Waals surface area contributed by atoms with Crippen LogP contribution in [0.4, 0.5) is 18.9 Å². The molecule has 2 N–H and O–H groups in total. The van der Waals surface area contributed by atoms with Gasteiger partial charge in [0, 0.05) is 23.4 Å². The number of methoxy groups -OCH3 is 1. The fourth-order valence-electron chi connectivity index (χ4n) is 3.68. The van der Waals surface area contributed by atoms with Crippen LogP contribution in [0.25, 0.3) is 22.2 Å². The van der Waals surface area contributed by atoms with E-state index in [0.717, 1.165) is 6.20 Å². The summed E-state index contributed by atoms with van der Waals surface area (Å²) in [6.45, 7) is -0.276. The Hall–Kier alpha value is -4.63. The van der Waals surface area contributed by atoms with E-state index < -0.39 is 30.0 Å². The molecule has 0 radical (unpaired) electrons. The average molecular weight is 545 g/mol. The van der Waals surface area contributed by atoms with Crippen LogP contribution in [0.1, 0.15) is 27.5 Å². The van der Waals surface area contributed by atoms with Gasteiger partial charge < -0.3 is 19.6 Å². The van der Waals surface area contributed by atoms with Gasteiger partial charge >= 0.3 is 12.1 Å². The van der Waals surface area contributed by atoms with E-state index in [1.807, 2.05) is 0 Å². The first-order valence-electron chi connectivity index (χ1n) is 10.7. The Morgan fingerprint density at radius 3 is 2.66 bits per heavy atom. The summed E-state index contributed by atoms with van der Waals surface area (Å²) in [6.07, 6.45) is -4.29. The zero-order valence-electron chi connectivity index (χ0n) is 19.4. The number of benzene rings is 2. The predicted octanol–water partition coefficient (Wildman–Crippen LogP) is 5.36. The standard InChI is InChI=1S/C25H16ClF3N4O5/c1-37-20-7-16(26)13(15-10-32-21(25(27,28)29)5-12(15)9-30)6-14(20)19(34)11-31-17-3-2-4-18-24(17)38-22(33-18)8-23(35)36/h2-7,10,31H,8,11H2,1H3,(H,35,36). The number of oxazole rings is 1. The first-order valence-corrected chi connectivity index (χ1v) is 11.1. The number of ether oxygens (including phenoxy) is 1. The number of rotatable bonds is 8. The number of carboxylic acids is 1. The number of aliphatic carboxylic acids is 1. The van der Waals surface area contributed by atoms with Crippen LogP contribution in [0, 0.1) is 11.3 Å². The molecule has 0 spiro atoms. The van der Waals surface area contributed by atoms with Gasteiger partial charge in [-0.3, -0.25) is 14.6 Å². The first-order chi connectivity index (χ1) is 18.0. The lowest BCUT2D eigenvalue weighted by Crippen LogP contribution is -2.15. The summed E-state index contributed by atoms with van der Waals surface area (Å²) in [6, 6.07) is 9.83. The van der Waals surface area contributed by atoms with Gasteiger partial charge in [-0.1, -0.05) is 17.7 Å². The highest BCUT2D eigenvalue weighted by atomic mass is 35.5. The fraction of sp³-hybridized carbons (Fsp3) is 0.160. The number of ketones is 1. The molecule has 0 aliphatic heterocycles. The number of Topliss-reactive ketones (excluding diaryl/α,β-unsaturated/α-hetero) is 1. The Kier molecular flexibility index (Phi) is 7.23. The second kappa shape index (κ2) is 10.4. The third kappa shape index (κ3) is 5.37. The third-order valence-electron chi connectivity index (χ3n) is 5.40. The van der Waals surface area contributed by atoms with E-state index in [9.17, 15) is 28.0 Å². The highest BCUT2D eigenvalue weighted by molar-refractivity contribution is 6.33. The molecule has 38 heavy (non-hydrogen) atoms. The van der Waals surface area contributed by atoms with E-state index in [4.69, 9.17) is 25.9 Å². The summed E-state index contributed by atoms with van der Waals surface area (Å²) >= 11 is 6.33. The van der Waals surface area contributed by atoms with E-state index in [-0.39, 0.29) is 51.0 Å². The minimum atomic E-state index is -4.75. The molecule has 0 bridgehead atoms. The summed E-state index contributed by atoms with van der Waals surface area (Å²) in [5.41, 5.74) is -0.372. The van der Waals surface area contributed by atoms with Crippen LogP contribution in [0.2, 0.25) is 5.02 Å². The number of carbonyl (C=O) groups excluding carboxylic acids is 1. The average Bonchev–Trinajstić information content (AvgIpc) is 3.28. The van der Waals surface area contributed by atoms with Crippen LogP contribution >= 0.6 is 11.6 Å². The molecule has 4 aromatic rings. The molecule has 2 heterocycles. The number of nitrogens with one attached hydrogen (secondary N) is 1. The molecular formula is C25H16ClF3N4O5. The predicted molar refractivity (Wildman–Crippen MR) is 129 cm³/mol. The molecule has 2 aromatic carbocycles. The minimum Gasteiger partial charge on any atom is -0.496 e. The van der Waals surface area contributed by atoms with Crippen molar-refractivity contribution in [1.29, 1.82) is 5.26 Å². The second-order valence-corrected chi connectivity index (χ2v) is 8.27. The lowest BCUT2D eigenvalue weighted by molar-refractivity contribution is -0.141. The molecule has 0 aliphatic rings. The third-order valence-corrected chi connectivity index (χ3v) is 5.71. The Balaban J connectivity index is 1.66. The van der Waals surface area contributed by atoms with Crippen LogP contribution in [-0.4, -0.2) is 40.5 Å². The van der Waals surface area contributed by atoms with E-state index in [1.54, 1.807) is 24.3 Å². The number of para-hydroxylation sites is 1. The van der Waals surface area contributed by atoms with Crippen LogP contribution in [0.15, 0.2) is 47.0 Å². The van der Waals surface area contributed by atoms with Gasteiger partial charge in [0.25, 0.3) is 0 Å². The molecule has 0 saturated carbocycles. The topological polar surface area (TPSA) is 138 Å². The number of fused-ring (bicyclic) bond motifs is 1. The Morgan fingerprint density at radius 1 is 1.24 bits per heavy atom. The van der Waals surface area contributed by atoms with Crippen LogP contribution < -0.4 is 10.1 Å². The number of pyridine rings is 1. The van der Waals surface area contributed by atoms with Gasteiger partial charge in [0.05, 0.1) is 41.6 Å². The normalized spacial score (nSPS) is 11.3. The van der Waals surface area contributed by atoms with Crippen LogP contribution in [0.5, 0.6) is 5.75 Å². The molecular weight excluding hydrogens is 529 g/mol. The highest BCUT2D eigenvalue weighted by Gasteiger charge is 2.33. The van der Waals surface area contributed by atoms with E-state index >= 15 is 0 Å². The van der Waals surface area contributed by atoms with Gasteiger partial charge in [0.2, 0.25) is 5.89 Å². The summed E-state index contributed by atoms with van der Waals surface area (Å²) < 4.78 is 50.0. The Bertz CT molecular complexity index is 1610. The van der Waals surface area contributed by atoms with E-state index in [2.05, 4.69) is 15.3 Å². The Morgan fingerprint density at radius 2 is 2.00 bits per heavy atom. The lowest BCUT2D eigenvalue weighted by atomic mass is 9.97. The maximum Gasteiger partial charge on any atom is 0.433 e. The number of hydrogen-bond acceptors (Lipinski definition) is 8. The summed E-state index contributed by atoms with van der Waals surface area (Å²) in [7, 11) is 1.31. The van der Waals surface area contributed by atoms with Gasteiger partial charge in [-0.15, -0.1) is 0 Å². The number of anilines is 1. The van der Waals surface area contributed by atoms with Crippen molar-refractivity contribution in [3.63, 3.8) is 0 Å². The monoisotopic (exact) mass is 544 g/mol. The van der Waals surface area contributed by atoms with Crippen LogP contribution in [0.3, 0.4) is 0 Å². The lowest BCUT2D eigenvalue weighted by Gasteiger charge is -2.14. The molecule has 0 atom stereocenters. The summed E-state index contributed by atoms with van der Waals surface area (Å²) in [5, 5.41) is 21.4. The van der Waals surface area contributed by atoms with E-state index in [0.29, 0.717) is 17.3 Å². The van der Waals surface area contributed by atoms with Gasteiger partial charge in [0.1, 0.15) is 23.4 Å². The number of hydrogen-bond donors (Lipinski definition) is 2. The van der Waals surface area contributed by atoms with Crippen molar-refractivity contribution in [3.05, 3.63) is 70.3 Å². The van der Waals surface area contributed by atoms with Crippen molar-refractivity contribution in [1.82, 2.24) is 9.97 Å². The smallest absolute Gasteiger partial charge is 0.433 e. The zero-order valence-corrected chi connectivity index (χ0v) is 20.1. The molecule has 4 rings (SSSR count). The maximum atomic E-state index is 13.2. The highest BCUT2D eigenvalue weighted by Crippen LogP contribution is 2.37. The number of carboxylic acid groups (broad SMARTS) is 1. The molecule has 13 heteroatoms. The van der Waals surface area contributed by atoms with Crippen molar-refractivity contribution < 1.29 is 37.0 Å².